The topological polar surface area (TPSA) is 62.7 Å². The van der Waals surface area contributed by atoms with E-state index in [1.165, 1.54) is 6.07 Å². The van der Waals surface area contributed by atoms with E-state index in [9.17, 15) is 4.39 Å². The average Bonchev–Trinajstić information content (AvgIpc) is 2.59. The van der Waals surface area contributed by atoms with Gasteiger partial charge in [0.1, 0.15) is 11.6 Å². The summed E-state index contributed by atoms with van der Waals surface area (Å²) in [7, 11) is 0. The molecule has 0 amide bonds. The van der Waals surface area contributed by atoms with Crippen molar-refractivity contribution in [3.8, 4) is 11.4 Å². The number of benzene rings is 1. The lowest BCUT2D eigenvalue weighted by atomic mass is 10.2. The number of aromatic nitrogens is 3. The summed E-state index contributed by atoms with van der Waals surface area (Å²) in [4.78, 5) is 13.3. The van der Waals surface area contributed by atoms with Gasteiger partial charge in [0.15, 0.2) is 0 Å². The molecule has 0 saturated carbocycles. The van der Waals surface area contributed by atoms with Crippen LogP contribution in [0.1, 0.15) is 12.5 Å². The smallest absolute Gasteiger partial charge is 0.225 e. The largest absolute Gasteiger partial charge is 0.354 e. The number of rotatable bonds is 5. The normalized spacial score (nSPS) is 10.5. The molecule has 24 heavy (non-hydrogen) atoms. The Bertz CT molecular complexity index is 836. The first-order valence-corrected chi connectivity index (χ1v) is 7.73. The van der Waals surface area contributed by atoms with Gasteiger partial charge >= 0.3 is 0 Å². The molecule has 5 nitrogen and oxygen atoms in total. The zero-order chi connectivity index (χ0) is 16.9. The summed E-state index contributed by atoms with van der Waals surface area (Å²) >= 11 is 0. The average molecular weight is 323 g/mol. The van der Waals surface area contributed by atoms with Crippen LogP contribution in [0, 0.1) is 12.7 Å². The molecule has 122 valence electrons. The molecule has 0 saturated heterocycles. The van der Waals surface area contributed by atoms with Gasteiger partial charge < -0.3 is 10.6 Å². The second-order valence-electron chi connectivity index (χ2n) is 5.30. The molecule has 2 heterocycles. The van der Waals surface area contributed by atoms with Gasteiger partial charge in [-0.25, -0.2) is 9.37 Å². The fourth-order valence-electron chi connectivity index (χ4n) is 2.26. The quantitative estimate of drug-likeness (QED) is 0.738. The summed E-state index contributed by atoms with van der Waals surface area (Å²) in [5, 5.41) is 6.31. The third-order valence-electron chi connectivity index (χ3n) is 3.42. The molecular weight excluding hydrogens is 305 g/mol. The predicted octanol–water partition coefficient (Wildman–Crippen LogP) is 4.16. The highest BCUT2D eigenvalue weighted by Gasteiger charge is 2.08. The highest BCUT2D eigenvalue weighted by molar-refractivity contribution is 5.65. The number of aryl methyl sites for hydroxylation is 1. The lowest BCUT2D eigenvalue weighted by molar-refractivity contribution is 0.619. The van der Waals surface area contributed by atoms with Crippen molar-refractivity contribution in [2.24, 2.45) is 0 Å². The minimum atomic E-state index is -0.231. The van der Waals surface area contributed by atoms with Gasteiger partial charge in [0.05, 0.1) is 11.4 Å². The molecule has 0 aliphatic carbocycles. The maximum Gasteiger partial charge on any atom is 0.225 e. The van der Waals surface area contributed by atoms with Crippen LogP contribution in [-0.4, -0.2) is 21.5 Å². The highest BCUT2D eigenvalue weighted by atomic mass is 19.1. The molecule has 0 unspecified atom stereocenters. The Morgan fingerprint density at radius 1 is 1.04 bits per heavy atom. The molecule has 3 rings (SSSR count). The first-order chi connectivity index (χ1) is 11.7. The fraction of sp³-hybridized carbons (Fsp3) is 0.167. The van der Waals surface area contributed by atoms with Crippen molar-refractivity contribution in [3.63, 3.8) is 0 Å². The predicted molar refractivity (Wildman–Crippen MR) is 93.8 cm³/mol. The fourth-order valence-corrected chi connectivity index (χ4v) is 2.26. The van der Waals surface area contributed by atoms with E-state index in [0.29, 0.717) is 29.6 Å². The van der Waals surface area contributed by atoms with E-state index in [-0.39, 0.29) is 5.82 Å². The van der Waals surface area contributed by atoms with E-state index in [2.05, 4.69) is 25.6 Å². The Morgan fingerprint density at radius 3 is 2.62 bits per heavy atom. The molecule has 0 aliphatic rings. The van der Waals surface area contributed by atoms with Gasteiger partial charge in [0.25, 0.3) is 0 Å². The van der Waals surface area contributed by atoms with Crippen LogP contribution in [0.15, 0.2) is 48.7 Å². The Hall–Kier alpha value is -3.02. The van der Waals surface area contributed by atoms with Crippen molar-refractivity contribution in [1.82, 2.24) is 15.0 Å². The molecule has 2 N–H and O–H groups in total. The van der Waals surface area contributed by atoms with E-state index in [1.54, 1.807) is 25.3 Å². The van der Waals surface area contributed by atoms with E-state index in [4.69, 9.17) is 0 Å². The number of pyridine rings is 1. The molecular formula is C18H18FN5. The highest BCUT2D eigenvalue weighted by Crippen LogP contribution is 2.23. The molecule has 0 fully saturated rings. The van der Waals surface area contributed by atoms with Crippen LogP contribution >= 0.6 is 0 Å². The molecule has 0 aliphatic heterocycles. The lowest BCUT2D eigenvalue weighted by Crippen LogP contribution is -2.05. The third-order valence-corrected chi connectivity index (χ3v) is 3.42. The first kappa shape index (κ1) is 15.9. The van der Waals surface area contributed by atoms with Crippen molar-refractivity contribution < 1.29 is 4.39 Å². The molecule has 0 radical (unpaired) electrons. The Morgan fingerprint density at radius 2 is 1.92 bits per heavy atom. The lowest BCUT2D eigenvalue weighted by Gasteiger charge is -2.11. The monoisotopic (exact) mass is 323 g/mol. The summed E-state index contributed by atoms with van der Waals surface area (Å²) in [5.41, 5.74) is 2.81. The Kier molecular flexibility index (Phi) is 4.65. The van der Waals surface area contributed by atoms with Gasteiger partial charge in [-0.1, -0.05) is 6.07 Å². The standard InChI is InChI=1S/C18H18FN5/c1-3-20-18-23-16(15-6-4-5-9-21-15)11-17(24-18)22-13-7-8-14(19)12(2)10-13/h4-11H,3H2,1-2H3,(H2,20,22,23,24). The van der Waals surface area contributed by atoms with Gasteiger partial charge in [-0.2, -0.15) is 4.98 Å². The van der Waals surface area contributed by atoms with Crippen molar-refractivity contribution >= 4 is 17.5 Å². The summed E-state index contributed by atoms with van der Waals surface area (Å²) < 4.78 is 13.4. The number of nitrogens with zero attached hydrogens (tertiary/aromatic N) is 3. The Labute approximate surface area is 140 Å². The van der Waals surface area contributed by atoms with Crippen LogP contribution in [0.4, 0.5) is 21.8 Å². The molecule has 1 aromatic carbocycles. The van der Waals surface area contributed by atoms with Crippen LogP contribution in [0.5, 0.6) is 0 Å². The number of hydrogen-bond acceptors (Lipinski definition) is 5. The minimum Gasteiger partial charge on any atom is -0.354 e. The van der Waals surface area contributed by atoms with Gasteiger partial charge in [-0.05, 0) is 49.7 Å². The maximum absolute atomic E-state index is 13.4. The van der Waals surface area contributed by atoms with E-state index in [0.717, 1.165) is 11.4 Å². The number of halogens is 1. The molecule has 2 aromatic heterocycles. The van der Waals surface area contributed by atoms with Crippen molar-refractivity contribution in [2.75, 3.05) is 17.2 Å². The molecule has 3 aromatic rings. The van der Waals surface area contributed by atoms with E-state index < -0.39 is 0 Å². The molecule has 0 spiro atoms. The number of hydrogen-bond donors (Lipinski definition) is 2. The van der Waals surface area contributed by atoms with Crippen molar-refractivity contribution in [3.05, 3.63) is 60.0 Å². The summed E-state index contributed by atoms with van der Waals surface area (Å²) in [6.07, 6.45) is 1.72. The van der Waals surface area contributed by atoms with E-state index >= 15 is 0 Å². The second kappa shape index (κ2) is 7.04. The van der Waals surface area contributed by atoms with Gasteiger partial charge in [-0.15, -0.1) is 0 Å². The summed E-state index contributed by atoms with van der Waals surface area (Å²) in [6, 6.07) is 12.3. The Balaban J connectivity index is 1.97. The summed E-state index contributed by atoms with van der Waals surface area (Å²) in [6.45, 7) is 4.41. The van der Waals surface area contributed by atoms with Crippen LogP contribution < -0.4 is 10.6 Å². The number of anilines is 3. The van der Waals surface area contributed by atoms with Crippen LogP contribution in [0.25, 0.3) is 11.4 Å². The van der Waals surface area contributed by atoms with Gasteiger partial charge in [0, 0.05) is 24.5 Å². The molecule has 6 heteroatoms. The number of nitrogens with one attached hydrogen (secondary N) is 2. The van der Waals surface area contributed by atoms with Crippen LogP contribution in [0.2, 0.25) is 0 Å². The zero-order valence-corrected chi connectivity index (χ0v) is 13.5. The second-order valence-corrected chi connectivity index (χ2v) is 5.30. The van der Waals surface area contributed by atoms with Crippen molar-refractivity contribution in [2.45, 2.75) is 13.8 Å². The van der Waals surface area contributed by atoms with Crippen LogP contribution in [0.3, 0.4) is 0 Å². The SMILES string of the molecule is CCNc1nc(Nc2ccc(F)c(C)c2)cc(-c2ccccn2)n1. The van der Waals surface area contributed by atoms with Gasteiger partial charge in [0.2, 0.25) is 5.95 Å². The molecule has 0 bridgehead atoms. The minimum absolute atomic E-state index is 0.231. The van der Waals surface area contributed by atoms with Crippen LogP contribution in [-0.2, 0) is 0 Å². The maximum atomic E-state index is 13.4. The zero-order valence-electron chi connectivity index (χ0n) is 13.5. The molecule has 0 atom stereocenters. The van der Waals surface area contributed by atoms with Crippen molar-refractivity contribution in [1.29, 1.82) is 0 Å². The summed E-state index contributed by atoms with van der Waals surface area (Å²) in [5.74, 6) is 0.903. The van der Waals surface area contributed by atoms with Gasteiger partial charge in [-0.3, -0.25) is 4.98 Å². The van der Waals surface area contributed by atoms with E-state index in [1.807, 2.05) is 31.2 Å². The third kappa shape index (κ3) is 3.65. The first-order valence-electron chi connectivity index (χ1n) is 7.73.